The smallest absolute Gasteiger partial charge is 0.119 e. The highest BCUT2D eigenvalue weighted by Gasteiger charge is 2.20. The van der Waals surface area contributed by atoms with Crippen LogP contribution in [0.3, 0.4) is 0 Å². The Balaban J connectivity index is 1.54. The second-order valence-corrected chi connectivity index (χ2v) is 7.85. The number of fused-ring (bicyclic) bond motifs is 2. The van der Waals surface area contributed by atoms with Crippen LogP contribution in [0, 0.1) is 0 Å². The third-order valence-electron chi connectivity index (χ3n) is 5.94. The van der Waals surface area contributed by atoms with Crippen LogP contribution in [0.1, 0.15) is 61.3 Å². The normalized spacial score (nSPS) is 16.3. The number of hydrogen-bond donors (Lipinski definition) is 0. The minimum atomic E-state index is 0.625. The summed E-state index contributed by atoms with van der Waals surface area (Å²) in [6.07, 6.45) is 7.24. The number of ether oxygens (including phenoxy) is 1. The summed E-state index contributed by atoms with van der Waals surface area (Å²) in [5, 5.41) is 2.76. The first kappa shape index (κ1) is 18.1. The SMILES string of the molecule is CCCCc1ccc2cc(C3CCc4cc(OCC)ccc4C3)ccc2c1. The summed E-state index contributed by atoms with van der Waals surface area (Å²) < 4.78 is 5.67. The molecule has 4 rings (SSSR count). The topological polar surface area (TPSA) is 9.23 Å². The van der Waals surface area contributed by atoms with Crippen LogP contribution < -0.4 is 4.74 Å². The summed E-state index contributed by atoms with van der Waals surface area (Å²) in [6.45, 7) is 5.04. The molecule has 0 aromatic heterocycles. The molecule has 0 N–H and O–H groups in total. The van der Waals surface area contributed by atoms with Crippen molar-refractivity contribution in [1.82, 2.24) is 0 Å². The fourth-order valence-corrected chi connectivity index (χ4v) is 4.38. The van der Waals surface area contributed by atoms with Gasteiger partial charge in [-0.05, 0) is 90.1 Å². The molecule has 1 nitrogen and oxygen atoms in total. The van der Waals surface area contributed by atoms with Gasteiger partial charge in [-0.1, -0.05) is 55.8 Å². The van der Waals surface area contributed by atoms with Gasteiger partial charge in [0.05, 0.1) is 6.61 Å². The number of hydrogen-bond acceptors (Lipinski definition) is 1. The molecular formula is C26H30O. The van der Waals surface area contributed by atoms with E-state index in [4.69, 9.17) is 4.74 Å². The maximum atomic E-state index is 5.67. The van der Waals surface area contributed by atoms with Crippen molar-refractivity contribution in [2.45, 2.75) is 58.3 Å². The van der Waals surface area contributed by atoms with Gasteiger partial charge in [0, 0.05) is 0 Å². The van der Waals surface area contributed by atoms with Crippen molar-refractivity contribution in [3.05, 3.63) is 76.9 Å². The third kappa shape index (κ3) is 4.03. The minimum absolute atomic E-state index is 0.625. The molecule has 0 radical (unpaired) electrons. The monoisotopic (exact) mass is 358 g/mol. The van der Waals surface area contributed by atoms with Gasteiger partial charge in [0.15, 0.2) is 0 Å². The highest BCUT2D eigenvalue weighted by atomic mass is 16.5. The zero-order valence-electron chi connectivity index (χ0n) is 16.6. The summed E-state index contributed by atoms with van der Waals surface area (Å²) in [5.41, 5.74) is 5.92. The molecule has 0 saturated carbocycles. The quantitative estimate of drug-likeness (QED) is 0.468. The summed E-state index contributed by atoms with van der Waals surface area (Å²) in [7, 11) is 0. The van der Waals surface area contributed by atoms with Crippen molar-refractivity contribution in [2.24, 2.45) is 0 Å². The molecule has 0 fully saturated rings. The summed E-state index contributed by atoms with van der Waals surface area (Å²) >= 11 is 0. The van der Waals surface area contributed by atoms with Crippen molar-refractivity contribution >= 4 is 10.8 Å². The first-order chi connectivity index (χ1) is 13.3. The average molecular weight is 359 g/mol. The van der Waals surface area contributed by atoms with E-state index < -0.39 is 0 Å². The first-order valence-corrected chi connectivity index (χ1v) is 10.5. The fourth-order valence-electron chi connectivity index (χ4n) is 4.38. The summed E-state index contributed by atoms with van der Waals surface area (Å²) in [5.74, 6) is 1.64. The fraction of sp³-hybridized carbons (Fsp3) is 0.385. The molecule has 3 aromatic carbocycles. The lowest BCUT2D eigenvalue weighted by Crippen LogP contribution is -2.13. The Morgan fingerprint density at radius 1 is 0.889 bits per heavy atom. The van der Waals surface area contributed by atoms with Gasteiger partial charge in [0.2, 0.25) is 0 Å². The van der Waals surface area contributed by atoms with E-state index in [1.165, 1.54) is 58.7 Å². The molecule has 27 heavy (non-hydrogen) atoms. The largest absolute Gasteiger partial charge is 0.494 e. The molecule has 1 atom stereocenters. The van der Waals surface area contributed by atoms with Crippen molar-refractivity contribution in [1.29, 1.82) is 0 Å². The van der Waals surface area contributed by atoms with Crippen LogP contribution in [0.15, 0.2) is 54.6 Å². The molecule has 3 aromatic rings. The lowest BCUT2D eigenvalue weighted by Gasteiger charge is -2.26. The zero-order chi connectivity index (χ0) is 18.6. The molecule has 1 aliphatic carbocycles. The Morgan fingerprint density at radius 3 is 2.59 bits per heavy atom. The molecule has 0 bridgehead atoms. The second-order valence-electron chi connectivity index (χ2n) is 7.85. The molecule has 0 aliphatic heterocycles. The van der Waals surface area contributed by atoms with E-state index in [1.807, 2.05) is 6.92 Å². The molecule has 0 spiro atoms. The maximum Gasteiger partial charge on any atom is 0.119 e. The van der Waals surface area contributed by atoms with Gasteiger partial charge >= 0.3 is 0 Å². The van der Waals surface area contributed by atoms with Crippen molar-refractivity contribution in [2.75, 3.05) is 6.61 Å². The highest BCUT2D eigenvalue weighted by molar-refractivity contribution is 5.84. The highest BCUT2D eigenvalue weighted by Crippen LogP contribution is 2.35. The number of benzene rings is 3. The van der Waals surface area contributed by atoms with E-state index in [0.717, 1.165) is 25.2 Å². The van der Waals surface area contributed by atoms with Gasteiger partial charge < -0.3 is 4.74 Å². The first-order valence-electron chi connectivity index (χ1n) is 10.5. The van der Waals surface area contributed by atoms with Gasteiger partial charge in [-0.25, -0.2) is 0 Å². The molecule has 1 aliphatic rings. The van der Waals surface area contributed by atoms with E-state index in [-0.39, 0.29) is 0 Å². The Labute approximate surface area is 163 Å². The Bertz CT molecular complexity index is 925. The van der Waals surface area contributed by atoms with Gasteiger partial charge in [-0.3, -0.25) is 0 Å². The van der Waals surface area contributed by atoms with Crippen LogP contribution in [0.4, 0.5) is 0 Å². The maximum absolute atomic E-state index is 5.67. The number of unbranched alkanes of at least 4 members (excludes halogenated alkanes) is 1. The molecule has 0 saturated heterocycles. The molecule has 1 heteroatoms. The van der Waals surface area contributed by atoms with E-state index in [9.17, 15) is 0 Å². The molecule has 140 valence electrons. The average Bonchev–Trinajstić information content (AvgIpc) is 2.71. The number of rotatable bonds is 6. The Morgan fingerprint density at radius 2 is 1.74 bits per heavy atom. The van der Waals surface area contributed by atoms with Crippen LogP contribution >= 0.6 is 0 Å². The van der Waals surface area contributed by atoms with Crippen LogP contribution in [0.25, 0.3) is 10.8 Å². The van der Waals surface area contributed by atoms with Gasteiger partial charge in [-0.2, -0.15) is 0 Å². The van der Waals surface area contributed by atoms with Gasteiger partial charge in [0.1, 0.15) is 5.75 Å². The molecule has 0 amide bonds. The van der Waals surface area contributed by atoms with Crippen LogP contribution in [0.5, 0.6) is 5.75 Å². The lowest BCUT2D eigenvalue weighted by molar-refractivity contribution is 0.339. The van der Waals surface area contributed by atoms with Gasteiger partial charge in [0.25, 0.3) is 0 Å². The molecule has 1 unspecified atom stereocenters. The van der Waals surface area contributed by atoms with Crippen molar-refractivity contribution < 1.29 is 4.74 Å². The number of aryl methyl sites for hydroxylation is 2. The summed E-state index contributed by atoms with van der Waals surface area (Å²) in [6, 6.07) is 20.7. The molecule has 0 heterocycles. The van der Waals surface area contributed by atoms with Gasteiger partial charge in [-0.15, -0.1) is 0 Å². The van der Waals surface area contributed by atoms with Crippen molar-refractivity contribution in [3.8, 4) is 5.75 Å². The van der Waals surface area contributed by atoms with E-state index in [1.54, 1.807) is 0 Å². The van der Waals surface area contributed by atoms with Crippen LogP contribution in [-0.4, -0.2) is 6.61 Å². The van der Waals surface area contributed by atoms with Crippen LogP contribution in [-0.2, 0) is 19.3 Å². The zero-order valence-corrected chi connectivity index (χ0v) is 16.6. The Kier molecular flexibility index (Phi) is 5.48. The standard InChI is InChI=1S/C26H30O/c1-3-5-6-19-7-8-21-16-22(10-9-20(21)15-19)23-11-12-25-18-26(27-4-2)14-13-24(25)17-23/h7-10,13-16,18,23H,3-6,11-12,17H2,1-2H3. The van der Waals surface area contributed by atoms with E-state index >= 15 is 0 Å². The molecular weight excluding hydrogens is 328 g/mol. The Hall–Kier alpha value is -2.28. The third-order valence-corrected chi connectivity index (χ3v) is 5.94. The van der Waals surface area contributed by atoms with Crippen molar-refractivity contribution in [3.63, 3.8) is 0 Å². The lowest BCUT2D eigenvalue weighted by atomic mass is 9.79. The minimum Gasteiger partial charge on any atom is -0.494 e. The second kappa shape index (κ2) is 8.17. The van der Waals surface area contributed by atoms with E-state index in [2.05, 4.69) is 61.5 Å². The van der Waals surface area contributed by atoms with E-state index in [0.29, 0.717) is 5.92 Å². The predicted octanol–water partition coefficient (Wildman–Crippen LogP) is 6.85. The van der Waals surface area contributed by atoms with Crippen LogP contribution in [0.2, 0.25) is 0 Å². The predicted molar refractivity (Wildman–Crippen MR) is 115 cm³/mol. The summed E-state index contributed by atoms with van der Waals surface area (Å²) in [4.78, 5) is 0.